The van der Waals surface area contributed by atoms with Crippen LogP contribution < -0.4 is 21.9 Å². The molecule has 2 heterocycles. The van der Waals surface area contributed by atoms with Crippen molar-refractivity contribution in [3.63, 3.8) is 0 Å². The standard InChI is InChI=1S/C15H16N4O3/c1-8-4-6-9(7-5-8)11-10-12(17-14(21)16-11)18(2)15(22)19(3)13(10)20/h4-7,11H,1-3H3,(H2,16,17,21). The van der Waals surface area contributed by atoms with Gasteiger partial charge in [0, 0.05) is 14.1 Å². The van der Waals surface area contributed by atoms with Crippen LogP contribution in [-0.2, 0) is 14.1 Å². The summed E-state index contributed by atoms with van der Waals surface area (Å²) < 4.78 is 2.32. The van der Waals surface area contributed by atoms with E-state index in [4.69, 9.17) is 0 Å². The molecule has 1 aromatic carbocycles. The summed E-state index contributed by atoms with van der Waals surface area (Å²) in [5.41, 5.74) is 1.33. The molecular formula is C15H16N4O3. The number of benzene rings is 1. The molecule has 2 N–H and O–H groups in total. The highest BCUT2D eigenvalue weighted by atomic mass is 16.2. The van der Waals surface area contributed by atoms with Gasteiger partial charge in [-0.1, -0.05) is 29.8 Å². The Hall–Kier alpha value is -2.83. The number of carbonyl (C=O) groups excluding carboxylic acids is 1. The predicted molar refractivity (Wildman–Crippen MR) is 82.1 cm³/mol. The SMILES string of the molecule is Cc1ccc(C2NC(=O)Nc3c2c(=O)n(C)c(=O)n3C)cc1. The number of fused-ring (bicyclic) bond motifs is 1. The minimum absolute atomic E-state index is 0.238. The summed E-state index contributed by atoms with van der Waals surface area (Å²) in [7, 11) is 2.95. The first-order valence-corrected chi connectivity index (χ1v) is 6.84. The van der Waals surface area contributed by atoms with Gasteiger partial charge in [-0.25, -0.2) is 9.59 Å². The molecule has 2 amide bonds. The molecule has 1 aliphatic heterocycles. The molecule has 0 saturated heterocycles. The van der Waals surface area contributed by atoms with Crippen molar-refractivity contribution in [2.24, 2.45) is 14.1 Å². The average molecular weight is 300 g/mol. The number of rotatable bonds is 1. The topological polar surface area (TPSA) is 85.1 Å². The second-order valence-electron chi connectivity index (χ2n) is 5.41. The van der Waals surface area contributed by atoms with Crippen molar-refractivity contribution in [1.29, 1.82) is 0 Å². The fourth-order valence-electron chi connectivity index (χ4n) is 2.64. The molecule has 0 spiro atoms. The van der Waals surface area contributed by atoms with Gasteiger partial charge in [-0.3, -0.25) is 19.2 Å². The number of amides is 2. The molecule has 1 aliphatic rings. The summed E-state index contributed by atoms with van der Waals surface area (Å²) in [4.78, 5) is 36.4. The highest BCUT2D eigenvalue weighted by Crippen LogP contribution is 2.28. The van der Waals surface area contributed by atoms with E-state index >= 15 is 0 Å². The zero-order chi connectivity index (χ0) is 16.0. The van der Waals surface area contributed by atoms with Gasteiger partial charge < -0.3 is 5.32 Å². The van der Waals surface area contributed by atoms with Crippen molar-refractivity contribution in [1.82, 2.24) is 14.5 Å². The Morgan fingerprint density at radius 1 is 1.00 bits per heavy atom. The van der Waals surface area contributed by atoms with Crippen LogP contribution in [0.3, 0.4) is 0 Å². The second-order valence-corrected chi connectivity index (χ2v) is 5.41. The minimum Gasteiger partial charge on any atom is -0.327 e. The van der Waals surface area contributed by atoms with E-state index in [1.165, 1.54) is 18.7 Å². The van der Waals surface area contributed by atoms with Crippen LogP contribution in [0.2, 0.25) is 0 Å². The zero-order valence-corrected chi connectivity index (χ0v) is 12.5. The van der Waals surface area contributed by atoms with E-state index in [2.05, 4.69) is 10.6 Å². The minimum atomic E-state index is -0.588. The number of carbonyl (C=O) groups is 1. The van der Waals surface area contributed by atoms with Gasteiger partial charge in [0.2, 0.25) is 0 Å². The number of urea groups is 1. The van der Waals surface area contributed by atoms with Gasteiger partial charge in [0.1, 0.15) is 5.82 Å². The third-order valence-corrected chi connectivity index (χ3v) is 3.91. The fourth-order valence-corrected chi connectivity index (χ4v) is 2.64. The van der Waals surface area contributed by atoms with Gasteiger partial charge in [0.05, 0.1) is 11.6 Å². The number of hydrogen-bond donors (Lipinski definition) is 2. The summed E-state index contributed by atoms with van der Waals surface area (Å²) in [6.07, 6.45) is 0. The Morgan fingerprint density at radius 3 is 2.27 bits per heavy atom. The Labute approximate surface area is 126 Å². The van der Waals surface area contributed by atoms with Crippen LogP contribution in [-0.4, -0.2) is 15.2 Å². The first-order valence-electron chi connectivity index (χ1n) is 6.84. The molecule has 2 aromatic rings. The Bertz CT molecular complexity index is 877. The maximum Gasteiger partial charge on any atom is 0.332 e. The summed E-state index contributed by atoms with van der Waals surface area (Å²) in [6, 6.07) is 6.52. The van der Waals surface area contributed by atoms with E-state index in [9.17, 15) is 14.4 Å². The van der Waals surface area contributed by atoms with Gasteiger partial charge in [-0.15, -0.1) is 0 Å². The molecule has 0 saturated carbocycles. The lowest BCUT2D eigenvalue weighted by Gasteiger charge is -2.28. The number of nitrogens with one attached hydrogen (secondary N) is 2. The molecule has 114 valence electrons. The Morgan fingerprint density at radius 2 is 1.64 bits per heavy atom. The highest BCUT2D eigenvalue weighted by Gasteiger charge is 2.31. The van der Waals surface area contributed by atoms with Crippen molar-refractivity contribution in [2.75, 3.05) is 5.32 Å². The number of aryl methyl sites for hydroxylation is 1. The van der Waals surface area contributed by atoms with Crippen molar-refractivity contribution >= 4 is 11.8 Å². The lowest BCUT2D eigenvalue weighted by molar-refractivity contribution is 0.248. The number of aromatic nitrogens is 2. The van der Waals surface area contributed by atoms with Crippen LogP contribution in [0.25, 0.3) is 0 Å². The molecule has 1 unspecified atom stereocenters. The molecule has 7 heteroatoms. The Kier molecular flexibility index (Phi) is 3.13. The van der Waals surface area contributed by atoms with E-state index < -0.39 is 23.3 Å². The van der Waals surface area contributed by atoms with Crippen LogP contribution in [0.1, 0.15) is 22.7 Å². The maximum atomic E-state index is 12.5. The first-order chi connectivity index (χ1) is 10.4. The van der Waals surface area contributed by atoms with Gasteiger partial charge in [0.25, 0.3) is 5.56 Å². The molecule has 22 heavy (non-hydrogen) atoms. The third-order valence-electron chi connectivity index (χ3n) is 3.91. The molecule has 7 nitrogen and oxygen atoms in total. The molecule has 1 aromatic heterocycles. The van der Waals surface area contributed by atoms with E-state index in [1.807, 2.05) is 31.2 Å². The van der Waals surface area contributed by atoms with E-state index in [-0.39, 0.29) is 5.82 Å². The maximum absolute atomic E-state index is 12.5. The molecule has 0 aliphatic carbocycles. The van der Waals surface area contributed by atoms with Crippen LogP contribution in [0.15, 0.2) is 33.9 Å². The molecular weight excluding hydrogens is 284 g/mol. The van der Waals surface area contributed by atoms with Gasteiger partial charge >= 0.3 is 11.7 Å². The van der Waals surface area contributed by atoms with Crippen LogP contribution in [0, 0.1) is 6.92 Å². The summed E-state index contributed by atoms with van der Waals surface area (Å²) in [5.74, 6) is 0.238. The molecule has 3 rings (SSSR count). The lowest BCUT2D eigenvalue weighted by Crippen LogP contribution is -2.49. The van der Waals surface area contributed by atoms with Crippen molar-refractivity contribution in [3.05, 3.63) is 61.8 Å². The van der Waals surface area contributed by atoms with Crippen molar-refractivity contribution in [2.45, 2.75) is 13.0 Å². The predicted octanol–water partition coefficient (Wildman–Crippen LogP) is 0.617. The van der Waals surface area contributed by atoms with Crippen molar-refractivity contribution in [3.8, 4) is 0 Å². The average Bonchev–Trinajstić information content (AvgIpc) is 2.50. The van der Waals surface area contributed by atoms with Gasteiger partial charge in [-0.05, 0) is 12.5 Å². The number of anilines is 1. The molecule has 0 radical (unpaired) electrons. The second kappa shape index (κ2) is 4.87. The Balaban J connectivity index is 2.30. The molecule has 0 bridgehead atoms. The normalized spacial score (nSPS) is 16.7. The van der Waals surface area contributed by atoms with E-state index in [1.54, 1.807) is 0 Å². The van der Waals surface area contributed by atoms with E-state index in [0.717, 1.165) is 15.7 Å². The summed E-state index contributed by atoms with van der Waals surface area (Å²) in [6.45, 7) is 1.96. The number of hydrogen-bond acceptors (Lipinski definition) is 3. The fraction of sp³-hybridized carbons (Fsp3) is 0.267. The third kappa shape index (κ3) is 2.02. The molecule has 0 fully saturated rings. The van der Waals surface area contributed by atoms with Crippen LogP contribution >= 0.6 is 0 Å². The largest absolute Gasteiger partial charge is 0.332 e. The zero-order valence-electron chi connectivity index (χ0n) is 12.5. The quantitative estimate of drug-likeness (QED) is 0.809. The monoisotopic (exact) mass is 300 g/mol. The smallest absolute Gasteiger partial charge is 0.327 e. The van der Waals surface area contributed by atoms with Gasteiger partial charge in [0.15, 0.2) is 0 Å². The summed E-state index contributed by atoms with van der Waals surface area (Å²) >= 11 is 0. The first kappa shape index (κ1) is 14.1. The number of nitrogens with zero attached hydrogens (tertiary/aromatic N) is 2. The highest BCUT2D eigenvalue weighted by molar-refractivity contribution is 5.92. The van der Waals surface area contributed by atoms with Gasteiger partial charge in [-0.2, -0.15) is 0 Å². The van der Waals surface area contributed by atoms with Crippen molar-refractivity contribution < 1.29 is 4.79 Å². The van der Waals surface area contributed by atoms with E-state index in [0.29, 0.717) is 5.56 Å². The van der Waals surface area contributed by atoms with Crippen LogP contribution in [0.4, 0.5) is 10.6 Å². The summed E-state index contributed by atoms with van der Waals surface area (Å²) in [5, 5.41) is 5.29. The lowest BCUT2D eigenvalue weighted by atomic mass is 9.97. The molecule has 1 atom stereocenters. The van der Waals surface area contributed by atoms with Crippen LogP contribution in [0.5, 0.6) is 0 Å².